The van der Waals surface area contributed by atoms with E-state index in [1.54, 1.807) is 0 Å². The van der Waals surface area contributed by atoms with Crippen LogP contribution in [0.5, 0.6) is 0 Å². The molecule has 0 rings (SSSR count). The zero-order valence-electron chi connectivity index (χ0n) is 4.18. The summed E-state index contributed by atoms with van der Waals surface area (Å²) in [6.45, 7) is 4.81. The molecule has 0 aromatic heterocycles. The summed E-state index contributed by atoms with van der Waals surface area (Å²) < 4.78 is 0. The summed E-state index contributed by atoms with van der Waals surface area (Å²) in [5.74, 6) is -0.330. The van der Waals surface area contributed by atoms with Crippen LogP contribution in [0.2, 0.25) is 0 Å². The average Bonchev–Trinajstić information content (AvgIpc) is 1.61. The monoisotopic (exact) mass is 101 g/mol. The van der Waals surface area contributed by atoms with E-state index in [0.29, 0.717) is 0 Å². The van der Waals surface area contributed by atoms with E-state index in [9.17, 15) is 4.79 Å². The number of carbonyl (C=O) groups is 1. The number of nitrogens with zero attached hydrogens (tertiary/aromatic N) is 1. The average molecular weight is 101 g/mol. The van der Waals surface area contributed by atoms with Crippen LogP contribution in [0, 0.1) is 6.92 Å². The van der Waals surface area contributed by atoms with Gasteiger partial charge in [0.1, 0.15) is 0 Å². The molecule has 0 spiro atoms. The van der Waals surface area contributed by atoms with Gasteiger partial charge in [-0.2, -0.15) is 0 Å². The van der Waals surface area contributed by atoms with Crippen molar-refractivity contribution in [2.75, 3.05) is 6.61 Å². The van der Waals surface area contributed by atoms with Crippen molar-refractivity contribution in [1.82, 2.24) is 5.48 Å². The standard InChI is InChI=1S/C4H7NO2/c1-3-7-5-4(2)6/h1,3H2,2H3. The van der Waals surface area contributed by atoms with Crippen LogP contribution in [0.25, 0.3) is 0 Å². The molecular weight excluding hydrogens is 94.0 g/mol. The Kier molecular flexibility index (Phi) is 3.32. The molecule has 0 aromatic rings. The van der Waals surface area contributed by atoms with Crippen LogP contribution < -0.4 is 5.48 Å². The van der Waals surface area contributed by atoms with Gasteiger partial charge in [-0.25, -0.2) is 4.84 Å². The van der Waals surface area contributed by atoms with Crippen molar-refractivity contribution in [2.24, 2.45) is 0 Å². The Bertz CT molecular complexity index is 62.7. The van der Waals surface area contributed by atoms with E-state index in [-0.39, 0.29) is 12.5 Å². The first-order chi connectivity index (χ1) is 3.27. The van der Waals surface area contributed by atoms with E-state index in [4.69, 9.17) is 0 Å². The van der Waals surface area contributed by atoms with Gasteiger partial charge in [-0.1, -0.05) is 5.48 Å². The van der Waals surface area contributed by atoms with E-state index < -0.39 is 0 Å². The molecule has 0 aliphatic heterocycles. The summed E-state index contributed by atoms with van der Waals surface area (Å²) in [6.07, 6.45) is 0. The predicted octanol–water partition coefficient (Wildman–Crippen LogP) is -0.0970. The lowest BCUT2D eigenvalue weighted by Crippen LogP contribution is -2.11. The zero-order chi connectivity index (χ0) is 5.70. The summed E-state index contributed by atoms with van der Waals surface area (Å²) in [4.78, 5) is 14.1. The van der Waals surface area contributed by atoms with Crippen molar-refractivity contribution < 1.29 is 9.63 Å². The summed E-state index contributed by atoms with van der Waals surface area (Å²) in [6, 6.07) is 0. The predicted molar refractivity (Wildman–Crippen MR) is 24.1 cm³/mol. The van der Waals surface area contributed by atoms with Crippen LogP contribution in [0.1, 0.15) is 6.92 Å². The molecule has 0 unspecified atom stereocenters. The maximum absolute atomic E-state index is 9.88. The molecule has 7 heavy (non-hydrogen) atoms. The maximum Gasteiger partial charge on any atom is 0.266 e. The third kappa shape index (κ3) is 5.43. The van der Waals surface area contributed by atoms with E-state index in [1.807, 2.05) is 0 Å². The number of hydroxylamine groups is 1. The first-order valence-electron chi connectivity index (χ1n) is 1.90. The molecule has 3 nitrogen and oxygen atoms in total. The van der Waals surface area contributed by atoms with Gasteiger partial charge >= 0.3 is 0 Å². The Labute approximate surface area is 42.6 Å². The molecule has 0 aliphatic rings. The third-order valence-corrected chi connectivity index (χ3v) is 0.284. The van der Waals surface area contributed by atoms with Crippen LogP contribution in [-0.4, -0.2) is 12.5 Å². The highest BCUT2D eigenvalue weighted by molar-refractivity contribution is 5.71. The Hall–Kier alpha value is -0.570. The number of amides is 1. The molecule has 0 fully saturated rings. The molecule has 0 bridgehead atoms. The first-order valence-corrected chi connectivity index (χ1v) is 1.90. The van der Waals surface area contributed by atoms with Gasteiger partial charge in [0.15, 0.2) is 0 Å². The van der Waals surface area contributed by atoms with E-state index >= 15 is 0 Å². The van der Waals surface area contributed by atoms with Gasteiger partial charge < -0.3 is 0 Å². The third-order valence-electron chi connectivity index (χ3n) is 0.284. The van der Waals surface area contributed by atoms with Crippen molar-refractivity contribution in [3.05, 3.63) is 6.92 Å². The molecule has 2 radical (unpaired) electrons. The number of hydrogen-bond donors (Lipinski definition) is 0. The normalized spacial score (nSPS) is 8.29. The van der Waals surface area contributed by atoms with E-state index in [0.717, 1.165) is 0 Å². The summed E-state index contributed by atoms with van der Waals surface area (Å²) in [5.41, 5.74) is 3.04. The minimum Gasteiger partial charge on any atom is -0.271 e. The van der Waals surface area contributed by atoms with E-state index in [2.05, 4.69) is 17.2 Å². The van der Waals surface area contributed by atoms with Gasteiger partial charge in [0, 0.05) is 6.92 Å². The van der Waals surface area contributed by atoms with E-state index in [1.165, 1.54) is 6.92 Å². The van der Waals surface area contributed by atoms with Gasteiger partial charge in [0.05, 0.1) is 6.61 Å². The van der Waals surface area contributed by atoms with Crippen molar-refractivity contribution in [2.45, 2.75) is 6.92 Å². The molecule has 3 heteroatoms. The minimum atomic E-state index is -0.330. The van der Waals surface area contributed by atoms with Crippen LogP contribution in [0.4, 0.5) is 0 Å². The maximum atomic E-state index is 9.88. The molecule has 0 aliphatic carbocycles. The molecule has 0 aromatic carbocycles. The molecular formula is C4H7NO2. The largest absolute Gasteiger partial charge is 0.271 e. The minimum absolute atomic E-state index is 0.208. The molecule has 0 saturated heterocycles. The lowest BCUT2D eigenvalue weighted by atomic mass is 10.8. The fourth-order valence-electron chi connectivity index (χ4n) is 0.137. The second-order valence-electron chi connectivity index (χ2n) is 0.944. The van der Waals surface area contributed by atoms with Gasteiger partial charge in [-0.05, 0) is 6.92 Å². The Morgan fingerprint density at radius 1 is 2.00 bits per heavy atom. The Balaban J connectivity index is 2.82. The second kappa shape index (κ2) is 3.61. The molecule has 40 valence electrons. The molecule has 0 atom stereocenters. The molecule has 0 saturated carbocycles. The first kappa shape index (κ1) is 6.43. The smallest absolute Gasteiger partial charge is 0.266 e. The molecule has 0 heterocycles. The highest BCUT2D eigenvalue weighted by atomic mass is 16.6. The zero-order valence-corrected chi connectivity index (χ0v) is 4.18. The lowest BCUT2D eigenvalue weighted by Gasteiger charge is -1.90. The molecule has 1 amide bonds. The highest BCUT2D eigenvalue weighted by Gasteiger charge is 1.87. The fraction of sp³-hybridized carbons (Fsp3) is 0.500. The van der Waals surface area contributed by atoms with Gasteiger partial charge in [-0.15, -0.1) is 0 Å². The van der Waals surface area contributed by atoms with Gasteiger partial charge in [-0.3, -0.25) is 4.79 Å². The van der Waals surface area contributed by atoms with Crippen LogP contribution in [0.15, 0.2) is 0 Å². The number of rotatable bonds is 2. The van der Waals surface area contributed by atoms with Crippen LogP contribution in [-0.2, 0) is 9.63 Å². The summed E-state index contributed by atoms with van der Waals surface area (Å²) in [7, 11) is 0. The van der Waals surface area contributed by atoms with Crippen molar-refractivity contribution in [1.29, 1.82) is 0 Å². The van der Waals surface area contributed by atoms with Crippen molar-refractivity contribution in [3.63, 3.8) is 0 Å². The van der Waals surface area contributed by atoms with Crippen LogP contribution in [0.3, 0.4) is 0 Å². The SMILES string of the molecule is [CH2]CO[N]C(C)=O. The summed E-state index contributed by atoms with van der Waals surface area (Å²) in [5, 5.41) is 0. The van der Waals surface area contributed by atoms with Gasteiger partial charge in [0.25, 0.3) is 5.91 Å². The Morgan fingerprint density at radius 3 is 2.71 bits per heavy atom. The van der Waals surface area contributed by atoms with Gasteiger partial charge in [0.2, 0.25) is 0 Å². The quantitative estimate of drug-likeness (QED) is 0.456. The topological polar surface area (TPSA) is 40.4 Å². The lowest BCUT2D eigenvalue weighted by molar-refractivity contribution is -0.131. The number of carbonyl (C=O) groups excluding carboxylic acids is 1. The molecule has 0 N–H and O–H groups in total. The second-order valence-corrected chi connectivity index (χ2v) is 0.944. The number of hydrogen-bond acceptors (Lipinski definition) is 2. The summed E-state index contributed by atoms with van der Waals surface area (Å²) >= 11 is 0. The van der Waals surface area contributed by atoms with Crippen molar-refractivity contribution >= 4 is 5.91 Å². The fourth-order valence-corrected chi connectivity index (χ4v) is 0.137. The van der Waals surface area contributed by atoms with Crippen LogP contribution >= 0.6 is 0 Å². The van der Waals surface area contributed by atoms with Crippen molar-refractivity contribution in [3.8, 4) is 0 Å². The Morgan fingerprint density at radius 2 is 2.57 bits per heavy atom. The highest BCUT2D eigenvalue weighted by Crippen LogP contribution is 1.65.